The number of furan rings is 1. The molecule has 1 saturated heterocycles. The molecule has 0 spiro atoms. The van der Waals surface area contributed by atoms with Gasteiger partial charge in [0.15, 0.2) is 17.0 Å². The highest BCUT2D eigenvalue weighted by Crippen LogP contribution is 2.34. The fourth-order valence-electron chi connectivity index (χ4n) is 4.01. The van der Waals surface area contributed by atoms with Crippen LogP contribution in [0.15, 0.2) is 47.1 Å². The number of carbonyl (C=O) groups excluding carboxylic acids is 1. The van der Waals surface area contributed by atoms with Crippen LogP contribution in [0.4, 0.5) is 13.2 Å². The molecule has 1 aliphatic heterocycles. The monoisotopic (exact) mass is 489 g/mol. The number of aromatic nitrogens is 3. The van der Waals surface area contributed by atoms with Crippen LogP contribution >= 0.6 is 11.3 Å². The molecule has 0 unspecified atom stereocenters. The summed E-state index contributed by atoms with van der Waals surface area (Å²) in [5.41, 5.74) is -0.789. The molecule has 0 radical (unpaired) electrons. The van der Waals surface area contributed by atoms with Crippen molar-refractivity contribution in [2.75, 3.05) is 26.2 Å². The maximum Gasteiger partial charge on any atom is 0.433 e. The van der Waals surface area contributed by atoms with E-state index in [2.05, 4.69) is 15.0 Å². The fourth-order valence-corrected chi connectivity index (χ4v) is 4.91. The summed E-state index contributed by atoms with van der Waals surface area (Å²) >= 11 is 1.40. The van der Waals surface area contributed by atoms with Gasteiger partial charge >= 0.3 is 6.18 Å². The molecule has 178 valence electrons. The number of carbonyl (C=O) groups is 1. The van der Waals surface area contributed by atoms with Gasteiger partial charge in [0, 0.05) is 37.1 Å². The van der Waals surface area contributed by atoms with Crippen LogP contribution in [0.3, 0.4) is 0 Å². The number of fused-ring (bicyclic) bond motifs is 1. The molecule has 11 heteroatoms. The summed E-state index contributed by atoms with van der Waals surface area (Å²) < 4.78 is 47.7. The van der Waals surface area contributed by atoms with E-state index in [1.165, 1.54) is 17.4 Å². The molecule has 1 fully saturated rings. The molecular formula is C23H22F3N5O2S. The van der Waals surface area contributed by atoms with Gasteiger partial charge in [-0.15, -0.1) is 11.3 Å². The van der Waals surface area contributed by atoms with Crippen molar-refractivity contribution in [2.45, 2.75) is 26.1 Å². The molecule has 1 amide bonds. The first-order valence-electron chi connectivity index (χ1n) is 10.9. The second-order valence-corrected chi connectivity index (χ2v) is 9.26. The van der Waals surface area contributed by atoms with E-state index in [4.69, 9.17) is 4.42 Å². The number of piperazine rings is 1. The van der Waals surface area contributed by atoms with E-state index in [0.717, 1.165) is 27.6 Å². The molecule has 5 rings (SSSR count). The fraction of sp³-hybridized carbons (Fsp3) is 0.348. The minimum atomic E-state index is -4.65. The van der Waals surface area contributed by atoms with Crippen LogP contribution in [0.2, 0.25) is 0 Å². The largest absolute Gasteiger partial charge is 0.468 e. The quantitative estimate of drug-likeness (QED) is 0.410. The number of halogens is 3. The van der Waals surface area contributed by atoms with Crippen molar-refractivity contribution in [3.8, 4) is 10.6 Å². The van der Waals surface area contributed by atoms with E-state index >= 15 is 0 Å². The first-order valence-corrected chi connectivity index (χ1v) is 11.7. The lowest BCUT2D eigenvalue weighted by Crippen LogP contribution is -2.48. The first kappa shape index (κ1) is 22.6. The van der Waals surface area contributed by atoms with Gasteiger partial charge in [-0.1, -0.05) is 6.92 Å². The molecule has 4 aromatic heterocycles. The summed E-state index contributed by atoms with van der Waals surface area (Å²) in [6.45, 7) is 4.80. The van der Waals surface area contributed by atoms with Gasteiger partial charge < -0.3 is 9.32 Å². The summed E-state index contributed by atoms with van der Waals surface area (Å²) in [7, 11) is 0. The van der Waals surface area contributed by atoms with Crippen molar-refractivity contribution in [3.63, 3.8) is 0 Å². The van der Waals surface area contributed by atoms with E-state index in [0.29, 0.717) is 37.6 Å². The van der Waals surface area contributed by atoms with E-state index in [1.54, 1.807) is 17.2 Å². The molecule has 1 aliphatic rings. The van der Waals surface area contributed by atoms with Gasteiger partial charge in [0.25, 0.3) is 5.91 Å². The third-order valence-corrected chi connectivity index (χ3v) is 7.07. The highest BCUT2D eigenvalue weighted by Gasteiger charge is 2.36. The molecule has 0 N–H and O–H groups in total. The number of hydrogen-bond acceptors (Lipinski definition) is 6. The SMILES string of the molecule is CCc1ccc(-c2cc(C(F)(F)F)n3nc(C(=O)N4CCN(Cc5ccco5)CC4)cc3n2)s1. The van der Waals surface area contributed by atoms with Crippen molar-refractivity contribution in [2.24, 2.45) is 0 Å². The average Bonchev–Trinajstić information content (AvgIpc) is 3.58. The zero-order valence-corrected chi connectivity index (χ0v) is 19.2. The van der Waals surface area contributed by atoms with E-state index < -0.39 is 17.8 Å². The number of thiophene rings is 1. The third-order valence-electron chi connectivity index (χ3n) is 5.82. The van der Waals surface area contributed by atoms with Crippen LogP contribution < -0.4 is 0 Å². The molecule has 7 nitrogen and oxygen atoms in total. The van der Waals surface area contributed by atoms with Gasteiger partial charge in [-0.3, -0.25) is 9.69 Å². The van der Waals surface area contributed by atoms with Gasteiger partial charge in [-0.25, -0.2) is 9.50 Å². The third kappa shape index (κ3) is 4.45. The number of rotatable bonds is 5. The second kappa shape index (κ2) is 8.88. The number of amides is 1. The Hall–Kier alpha value is -3.18. The number of hydrogen-bond donors (Lipinski definition) is 0. The van der Waals surface area contributed by atoms with Crippen molar-refractivity contribution in [1.82, 2.24) is 24.4 Å². The first-order chi connectivity index (χ1) is 16.3. The lowest BCUT2D eigenvalue weighted by molar-refractivity contribution is -0.142. The Kier molecular flexibility index (Phi) is 5.90. The lowest BCUT2D eigenvalue weighted by Gasteiger charge is -2.33. The number of aryl methyl sites for hydroxylation is 1. The Morgan fingerprint density at radius 1 is 1.15 bits per heavy atom. The van der Waals surface area contributed by atoms with Gasteiger partial charge in [-0.2, -0.15) is 18.3 Å². The van der Waals surface area contributed by atoms with Gasteiger partial charge in [0.05, 0.1) is 23.4 Å². The van der Waals surface area contributed by atoms with Crippen LogP contribution in [0.1, 0.15) is 33.7 Å². The Bertz CT molecular complexity index is 1300. The zero-order valence-electron chi connectivity index (χ0n) is 18.4. The maximum atomic E-state index is 13.9. The Morgan fingerprint density at radius 2 is 1.94 bits per heavy atom. The van der Waals surface area contributed by atoms with Gasteiger partial charge in [0.1, 0.15) is 5.76 Å². The Labute approximate surface area is 197 Å². The van der Waals surface area contributed by atoms with E-state index in [-0.39, 0.29) is 17.0 Å². The highest BCUT2D eigenvalue weighted by atomic mass is 32.1. The van der Waals surface area contributed by atoms with Crippen molar-refractivity contribution in [1.29, 1.82) is 0 Å². The normalized spacial score (nSPS) is 15.4. The van der Waals surface area contributed by atoms with Crippen molar-refractivity contribution >= 4 is 22.9 Å². The standard InChI is InChI=1S/C23H22F3N5O2S/c1-2-16-5-6-19(34-16)17-12-20(23(24,25)26)31-21(27-17)13-18(28-31)22(32)30-9-7-29(8-10-30)14-15-4-3-11-33-15/h3-6,11-13H,2,7-10,14H2,1H3. The predicted octanol–water partition coefficient (Wildman–Crippen LogP) is 4.59. The summed E-state index contributed by atoms with van der Waals surface area (Å²) in [6, 6.07) is 9.71. The van der Waals surface area contributed by atoms with Gasteiger partial charge in [0.2, 0.25) is 0 Å². The Balaban J connectivity index is 1.40. The Morgan fingerprint density at radius 3 is 2.59 bits per heavy atom. The van der Waals surface area contributed by atoms with Crippen LogP contribution in [0.25, 0.3) is 16.2 Å². The van der Waals surface area contributed by atoms with E-state index in [9.17, 15) is 18.0 Å². The van der Waals surface area contributed by atoms with Crippen molar-refractivity contribution < 1.29 is 22.4 Å². The average molecular weight is 490 g/mol. The van der Waals surface area contributed by atoms with Crippen LogP contribution in [-0.2, 0) is 19.1 Å². The molecular weight excluding hydrogens is 467 g/mol. The van der Waals surface area contributed by atoms with Crippen LogP contribution in [0.5, 0.6) is 0 Å². The van der Waals surface area contributed by atoms with E-state index in [1.807, 2.05) is 25.1 Å². The molecule has 0 saturated carbocycles. The summed E-state index contributed by atoms with van der Waals surface area (Å²) in [5, 5.41) is 4.01. The van der Waals surface area contributed by atoms with Crippen LogP contribution in [-0.4, -0.2) is 56.5 Å². The smallest absolute Gasteiger partial charge is 0.433 e. The predicted molar refractivity (Wildman–Crippen MR) is 121 cm³/mol. The molecule has 34 heavy (non-hydrogen) atoms. The molecule has 0 aromatic carbocycles. The minimum Gasteiger partial charge on any atom is -0.468 e. The van der Waals surface area contributed by atoms with Gasteiger partial charge in [-0.05, 0) is 36.8 Å². The second-order valence-electron chi connectivity index (χ2n) is 8.09. The molecule has 0 aliphatic carbocycles. The summed E-state index contributed by atoms with van der Waals surface area (Å²) in [5.74, 6) is 0.445. The molecule has 4 aromatic rings. The number of nitrogens with zero attached hydrogens (tertiary/aromatic N) is 5. The highest BCUT2D eigenvalue weighted by molar-refractivity contribution is 7.15. The molecule has 0 bridgehead atoms. The topological polar surface area (TPSA) is 66.9 Å². The molecule has 5 heterocycles. The maximum absolute atomic E-state index is 13.9. The number of alkyl halides is 3. The van der Waals surface area contributed by atoms with Crippen LogP contribution in [0, 0.1) is 0 Å². The van der Waals surface area contributed by atoms with Crippen molar-refractivity contribution in [3.05, 3.63) is 64.7 Å². The minimum absolute atomic E-state index is 0.00363. The summed E-state index contributed by atoms with van der Waals surface area (Å²) in [4.78, 5) is 22.9. The lowest BCUT2D eigenvalue weighted by atomic mass is 10.2. The summed E-state index contributed by atoms with van der Waals surface area (Å²) in [6.07, 6.45) is -2.24. The molecule has 0 atom stereocenters. The zero-order chi connectivity index (χ0) is 23.9.